The predicted molar refractivity (Wildman–Crippen MR) is 82.7 cm³/mol. The summed E-state index contributed by atoms with van der Waals surface area (Å²) in [6.07, 6.45) is 10.7. The average molecular weight is 288 g/mol. The van der Waals surface area contributed by atoms with Crippen LogP contribution in [0.15, 0.2) is 11.6 Å². The summed E-state index contributed by atoms with van der Waals surface area (Å²) in [5.41, 5.74) is 1.89. The Morgan fingerprint density at radius 2 is 1.86 bits per heavy atom. The summed E-state index contributed by atoms with van der Waals surface area (Å²) in [5.74, 6) is 2.57. The molecule has 1 N–H and O–H groups in total. The second kappa shape index (κ2) is 4.44. The van der Waals surface area contributed by atoms with Crippen LogP contribution in [0.25, 0.3) is 0 Å². The van der Waals surface area contributed by atoms with Gasteiger partial charge in [-0.25, -0.2) is 0 Å². The molecular weight excluding hydrogens is 260 g/mol. The summed E-state index contributed by atoms with van der Waals surface area (Å²) >= 11 is 0. The molecule has 0 heterocycles. The molecule has 0 radical (unpaired) electrons. The van der Waals surface area contributed by atoms with E-state index in [1.165, 1.54) is 31.3 Å². The minimum Gasteiger partial charge on any atom is -0.393 e. The third-order valence-corrected chi connectivity index (χ3v) is 7.91. The molecular formula is C19H28O2. The topological polar surface area (TPSA) is 37.3 Å². The Labute approximate surface area is 128 Å². The number of ketones is 1. The van der Waals surface area contributed by atoms with Crippen molar-refractivity contribution in [3.05, 3.63) is 11.6 Å². The lowest BCUT2D eigenvalue weighted by Crippen LogP contribution is -2.51. The number of carbonyl (C=O) groups is 1. The summed E-state index contributed by atoms with van der Waals surface area (Å²) in [6.45, 7) is 4.76. The van der Waals surface area contributed by atoms with Gasteiger partial charge in [-0.15, -0.1) is 0 Å². The third-order valence-electron chi connectivity index (χ3n) is 7.91. The minimum absolute atomic E-state index is 0.0823. The highest BCUT2D eigenvalue weighted by atomic mass is 16.3. The first-order valence-electron chi connectivity index (χ1n) is 8.87. The monoisotopic (exact) mass is 288 g/mol. The first kappa shape index (κ1) is 14.0. The fraction of sp³-hybridized carbons (Fsp3) is 0.842. The zero-order valence-corrected chi connectivity index (χ0v) is 13.4. The molecule has 116 valence electrons. The Morgan fingerprint density at radius 3 is 2.67 bits per heavy atom. The Hall–Kier alpha value is -0.630. The van der Waals surface area contributed by atoms with Gasteiger partial charge in [-0.1, -0.05) is 19.4 Å². The highest BCUT2D eigenvalue weighted by Crippen LogP contribution is 2.65. The van der Waals surface area contributed by atoms with Gasteiger partial charge in [-0.2, -0.15) is 0 Å². The van der Waals surface area contributed by atoms with Crippen molar-refractivity contribution >= 4 is 5.78 Å². The van der Waals surface area contributed by atoms with E-state index in [9.17, 15) is 9.90 Å². The fourth-order valence-electron chi connectivity index (χ4n) is 6.53. The molecule has 3 unspecified atom stereocenters. The van der Waals surface area contributed by atoms with Crippen LogP contribution in [0.1, 0.15) is 65.2 Å². The molecule has 3 saturated carbocycles. The maximum atomic E-state index is 11.8. The molecule has 0 aromatic heterocycles. The van der Waals surface area contributed by atoms with Gasteiger partial charge in [0.05, 0.1) is 6.10 Å². The van der Waals surface area contributed by atoms with Crippen LogP contribution in [0.3, 0.4) is 0 Å². The lowest BCUT2D eigenvalue weighted by Gasteiger charge is -2.57. The number of hydrogen-bond donors (Lipinski definition) is 1. The highest BCUT2D eigenvalue weighted by Gasteiger charge is 2.58. The van der Waals surface area contributed by atoms with Crippen LogP contribution in [-0.2, 0) is 4.79 Å². The van der Waals surface area contributed by atoms with E-state index in [0.717, 1.165) is 37.5 Å². The molecule has 0 saturated heterocycles. The number of rotatable bonds is 0. The van der Waals surface area contributed by atoms with Gasteiger partial charge < -0.3 is 5.11 Å². The lowest BCUT2D eigenvalue weighted by molar-refractivity contribution is -0.118. The maximum Gasteiger partial charge on any atom is 0.155 e. The maximum absolute atomic E-state index is 11.8. The number of aliphatic hydroxyl groups excluding tert-OH is 1. The number of aliphatic hydroxyl groups is 1. The second-order valence-electron chi connectivity index (χ2n) is 8.61. The zero-order valence-electron chi connectivity index (χ0n) is 13.4. The normalized spacial score (nSPS) is 52.7. The molecule has 21 heavy (non-hydrogen) atoms. The van der Waals surface area contributed by atoms with Crippen molar-refractivity contribution in [1.29, 1.82) is 0 Å². The van der Waals surface area contributed by atoms with E-state index >= 15 is 0 Å². The van der Waals surface area contributed by atoms with Crippen molar-refractivity contribution in [3.8, 4) is 0 Å². The van der Waals surface area contributed by atoms with E-state index in [1.807, 2.05) is 6.08 Å². The Balaban J connectivity index is 1.69. The van der Waals surface area contributed by atoms with Crippen molar-refractivity contribution in [2.24, 2.45) is 28.6 Å². The van der Waals surface area contributed by atoms with Crippen molar-refractivity contribution in [1.82, 2.24) is 0 Å². The van der Waals surface area contributed by atoms with E-state index in [0.29, 0.717) is 11.7 Å². The summed E-state index contributed by atoms with van der Waals surface area (Å²) in [5, 5.41) is 10.4. The van der Waals surface area contributed by atoms with Gasteiger partial charge >= 0.3 is 0 Å². The van der Waals surface area contributed by atoms with Crippen LogP contribution in [0.2, 0.25) is 0 Å². The first-order chi connectivity index (χ1) is 9.95. The van der Waals surface area contributed by atoms with Crippen LogP contribution in [0.4, 0.5) is 0 Å². The molecule has 0 aliphatic heterocycles. The summed E-state index contributed by atoms with van der Waals surface area (Å²) in [6, 6.07) is 0. The highest BCUT2D eigenvalue weighted by molar-refractivity contribution is 5.91. The molecule has 0 bridgehead atoms. The van der Waals surface area contributed by atoms with Crippen LogP contribution in [0.5, 0.6) is 0 Å². The Kier molecular flexibility index (Phi) is 2.96. The van der Waals surface area contributed by atoms with Crippen molar-refractivity contribution in [3.63, 3.8) is 0 Å². The predicted octanol–water partition coefficient (Wildman–Crippen LogP) is 3.88. The van der Waals surface area contributed by atoms with Crippen LogP contribution in [-0.4, -0.2) is 17.0 Å². The molecule has 2 heteroatoms. The van der Waals surface area contributed by atoms with Gasteiger partial charge in [0.1, 0.15) is 0 Å². The Morgan fingerprint density at radius 1 is 1.05 bits per heavy atom. The summed E-state index contributed by atoms with van der Waals surface area (Å²) in [4.78, 5) is 11.8. The largest absolute Gasteiger partial charge is 0.393 e. The quantitative estimate of drug-likeness (QED) is 0.734. The lowest BCUT2D eigenvalue weighted by atomic mass is 9.47. The summed E-state index contributed by atoms with van der Waals surface area (Å²) in [7, 11) is 0. The van der Waals surface area contributed by atoms with Crippen molar-refractivity contribution in [2.75, 3.05) is 0 Å². The first-order valence-corrected chi connectivity index (χ1v) is 8.87. The van der Waals surface area contributed by atoms with Gasteiger partial charge in [-0.05, 0) is 79.6 Å². The number of fused-ring (bicyclic) bond motifs is 5. The molecule has 0 aromatic carbocycles. The van der Waals surface area contributed by atoms with Crippen molar-refractivity contribution in [2.45, 2.75) is 71.3 Å². The van der Waals surface area contributed by atoms with Gasteiger partial charge in [-0.3, -0.25) is 4.79 Å². The zero-order chi connectivity index (χ0) is 14.8. The minimum atomic E-state index is -0.0823. The Bertz CT molecular complexity index is 508. The molecule has 6 atom stereocenters. The van der Waals surface area contributed by atoms with Crippen LogP contribution < -0.4 is 0 Å². The van der Waals surface area contributed by atoms with Crippen LogP contribution >= 0.6 is 0 Å². The molecule has 0 spiro atoms. The molecule has 4 aliphatic rings. The molecule has 0 aromatic rings. The molecule has 2 nitrogen and oxygen atoms in total. The van der Waals surface area contributed by atoms with E-state index in [1.54, 1.807) is 0 Å². The average Bonchev–Trinajstić information content (AvgIpc) is 2.76. The fourth-order valence-corrected chi connectivity index (χ4v) is 6.53. The number of carbonyl (C=O) groups excluding carboxylic acids is 1. The van der Waals surface area contributed by atoms with Gasteiger partial charge in [0.15, 0.2) is 5.78 Å². The van der Waals surface area contributed by atoms with Crippen molar-refractivity contribution < 1.29 is 9.90 Å². The van der Waals surface area contributed by atoms with E-state index < -0.39 is 0 Å². The standard InChI is InChI=1S/C19H28O2/c1-18-9-7-13(20)11-12(18)3-4-14-15-5-6-17(21)19(15,2)10-8-16(14)18/h11,14-17,21H,3-10H2,1-2H3/t14?,15?,16?,17-,18+,19+/m1/s1. The number of hydrogen-bond acceptors (Lipinski definition) is 2. The molecule has 3 fully saturated rings. The number of allylic oxidation sites excluding steroid dienone is 1. The summed E-state index contributed by atoms with van der Waals surface area (Å²) < 4.78 is 0. The van der Waals surface area contributed by atoms with Gasteiger partial charge in [0, 0.05) is 6.42 Å². The smallest absolute Gasteiger partial charge is 0.155 e. The second-order valence-corrected chi connectivity index (χ2v) is 8.61. The molecule has 0 amide bonds. The SMILES string of the molecule is C[C@]12CCC(=O)C=C1CCC1C2CC[C@@]2(C)C1CC[C@H]2O. The van der Waals surface area contributed by atoms with E-state index in [4.69, 9.17) is 0 Å². The van der Waals surface area contributed by atoms with E-state index in [-0.39, 0.29) is 16.9 Å². The van der Waals surface area contributed by atoms with E-state index in [2.05, 4.69) is 13.8 Å². The molecule has 4 rings (SSSR count). The van der Waals surface area contributed by atoms with Gasteiger partial charge in [0.2, 0.25) is 0 Å². The molecule has 4 aliphatic carbocycles. The van der Waals surface area contributed by atoms with Gasteiger partial charge in [0.25, 0.3) is 0 Å². The van der Waals surface area contributed by atoms with Crippen LogP contribution in [0, 0.1) is 28.6 Å². The third kappa shape index (κ3) is 1.78.